The predicted octanol–water partition coefficient (Wildman–Crippen LogP) is 0.766. The highest BCUT2D eigenvalue weighted by molar-refractivity contribution is 5.69. The minimum atomic E-state index is -0.844. The van der Waals surface area contributed by atoms with Crippen LogP contribution in [-0.2, 0) is 9.59 Å². The molecule has 0 heterocycles. The SMILES string of the molecule is CC1CCCC1(CC(=O)O)NC=O. The van der Waals surface area contributed by atoms with E-state index in [4.69, 9.17) is 5.11 Å². The third-order valence-electron chi connectivity index (χ3n) is 3.02. The van der Waals surface area contributed by atoms with E-state index in [2.05, 4.69) is 5.32 Å². The summed E-state index contributed by atoms with van der Waals surface area (Å²) in [5, 5.41) is 11.4. The lowest BCUT2D eigenvalue weighted by atomic mass is 9.85. The number of carbonyl (C=O) groups is 2. The summed E-state index contributed by atoms with van der Waals surface area (Å²) in [5.41, 5.74) is -0.492. The van der Waals surface area contributed by atoms with Crippen LogP contribution in [0.15, 0.2) is 0 Å². The van der Waals surface area contributed by atoms with Crippen LogP contribution < -0.4 is 5.32 Å². The quantitative estimate of drug-likeness (QED) is 0.635. The summed E-state index contributed by atoms with van der Waals surface area (Å²) in [7, 11) is 0. The number of aliphatic carboxylic acids is 1. The van der Waals surface area contributed by atoms with Crippen molar-refractivity contribution in [2.45, 2.75) is 38.1 Å². The fourth-order valence-electron chi connectivity index (χ4n) is 2.16. The number of hydrogen-bond acceptors (Lipinski definition) is 2. The summed E-state index contributed by atoms with van der Waals surface area (Å²) < 4.78 is 0. The number of amides is 1. The van der Waals surface area contributed by atoms with Gasteiger partial charge in [-0.2, -0.15) is 0 Å². The molecule has 0 radical (unpaired) electrons. The van der Waals surface area contributed by atoms with Crippen LogP contribution in [-0.4, -0.2) is 23.0 Å². The Morgan fingerprint density at radius 3 is 2.85 bits per heavy atom. The van der Waals surface area contributed by atoms with Gasteiger partial charge >= 0.3 is 5.97 Å². The Hall–Kier alpha value is -1.06. The summed E-state index contributed by atoms with van der Waals surface area (Å²) in [4.78, 5) is 21.0. The molecule has 74 valence electrons. The highest BCUT2D eigenvalue weighted by Crippen LogP contribution is 2.37. The summed E-state index contributed by atoms with van der Waals surface area (Å²) in [6.45, 7) is 1.99. The molecule has 0 spiro atoms. The molecule has 1 aliphatic carbocycles. The van der Waals surface area contributed by atoms with E-state index in [0.29, 0.717) is 6.41 Å². The van der Waals surface area contributed by atoms with Gasteiger partial charge in [0.1, 0.15) is 0 Å². The first-order valence-corrected chi connectivity index (χ1v) is 4.54. The van der Waals surface area contributed by atoms with Crippen molar-refractivity contribution in [3.63, 3.8) is 0 Å². The maximum atomic E-state index is 10.6. The zero-order valence-corrected chi connectivity index (χ0v) is 7.75. The Balaban J connectivity index is 2.73. The molecular weight excluding hydrogens is 170 g/mol. The van der Waals surface area contributed by atoms with Crippen molar-refractivity contribution in [2.24, 2.45) is 5.92 Å². The molecule has 0 aromatic carbocycles. The van der Waals surface area contributed by atoms with E-state index < -0.39 is 11.5 Å². The van der Waals surface area contributed by atoms with E-state index in [-0.39, 0.29) is 12.3 Å². The molecule has 1 aliphatic rings. The molecule has 0 aromatic rings. The summed E-state index contributed by atoms with van der Waals surface area (Å²) >= 11 is 0. The van der Waals surface area contributed by atoms with Gasteiger partial charge in [-0.15, -0.1) is 0 Å². The van der Waals surface area contributed by atoms with Crippen molar-refractivity contribution in [1.82, 2.24) is 5.32 Å². The molecule has 13 heavy (non-hydrogen) atoms. The first-order chi connectivity index (χ1) is 6.10. The second-order valence-corrected chi connectivity index (χ2v) is 3.78. The molecule has 2 atom stereocenters. The van der Waals surface area contributed by atoms with Gasteiger partial charge in [0.05, 0.1) is 12.0 Å². The van der Waals surface area contributed by atoms with Crippen LogP contribution in [0.5, 0.6) is 0 Å². The van der Waals surface area contributed by atoms with Crippen molar-refractivity contribution < 1.29 is 14.7 Å². The molecule has 1 amide bonds. The second kappa shape index (κ2) is 3.77. The third-order valence-corrected chi connectivity index (χ3v) is 3.02. The zero-order valence-electron chi connectivity index (χ0n) is 7.75. The van der Waals surface area contributed by atoms with Crippen LogP contribution in [0.4, 0.5) is 0 Å². The van der Waals surface area contributed by atoms with Gasteiger partial charge in [0.25, 0.3) is 0 Å². The monoisotopic (exact) mass is 185 g/mol. The smallest absolute Gasteiger partial charge is 0.305 e. The van der Waals surface area contributed by atoms with Crippen LogP contribution in [0.25, 0.3) is 0 Å². The highest BCUT2D eigenvalue weighted by atomic mass is 16.4. The van der Waals surface area contributed by atoms with E-state index in [1.165, 1.54) is 0 Å². The van der Waals surface area contributed by atoms with E-state index in [0.717, 1.165) is 19.3 Å². The number of rotatable bonds is 4. The van der Waals surface area contributed by atoms with Crippen LogP contribution >= 0.6 is 0 Å². The standard InChI is InChI=1S/C9H15NO3/c1-7-3-2-4-9(7,10-6-11)5-8(12)13/h6-7H,2-5H2,1H3,(H,10,11)(H,12,13). The van der Waals surface area contributed by atoms with E-state index in [1.807, 2.05) is 6.92 Å². The van der Waals surface area contributed by atoms with Crippen LogP contribution in [0, 0.1) is 5.92 Å². The van der Waals surface area contributed by atoms with Gasteiger partial charge in [-0.05, 0) is 18.8 Å². The molecule has 2 unspecified atom stereocenters. The van der Waals surface area contributed by atoms with Crippen LogP contribution in [0.3, 0.4) is 0 Å². The number of carbonyl (C=O) groups excluding carboxylic acids is 1. The molecule has 4 nitrogen and oxygen atoms in total. The van der Waals surface area contributed by atoms with Crippen molar-refractivity contribution in [2.75, 3.05) is 0 Å². The molecular formula is C9H15NO3. The molecule has 2 N–H and O–H groups in total. The maximum absolute atomic E-state index is 10.6. The minimum absolute atomic E-state index is 0.0346. The molecule has 1 fully saturated rings. The van der Waals surface area contributed by atoms with Gasteiger partial charge < -0.3 is 10.4 Å². The van der Waals surface area contributed by atoms with Gasteiger partial charge in [-0.3, -0.25) is 9.59 Å². The zero-order chi connectivity index (χ0) is 9.90. The van der Waals surface area contributed by atoms with Gasteiger partial charge in [-0.25, -0.2) is 0 Å². The lowest BCUT2D eigenvalue weighted by molar-refractivity contribution is -0.139. The first kappa shape index (κ1) is 10.0. The summed E-state index contributed by atoms with van der Waals surface area (Å²) in [5.74, 6) is -0.586. The number of hydrogen-bond donors (Lipinski definition) is 2. The summed E-state index contributed by atoms with van der Waals surface area (Å²) in [6.07, 6.45) is 3.42. The van der Waals surface area contributed by atoms with E-state index in [9.17, 15) is 9.59 Å². The molecule has 4 heteroatoms. The molecule has 0 saturated heterocycles. The minimum Gasteiger partial charge on any atom is -0.481 e. The Labute approximate surface area is 77.3 Å². The number of carboxylic acids is 1. The largest absolute Gasteiger partial charge is 0.481 e. The van der Waals surface area contributed by atoms with E-state index >= 15 is 0 Å². The maximum Gasteiger partial charge on any atom is 0.305 e. The van der Waals surface area contributed by atoms with Crippen molar-refractivity contribution in [1.29, 1.82) is 0 Å². The van der Waals surface area contributed by atoms with Crippen molar-refractivity contribution >= 4 is 12.4 Å². The summed E-state index contributed by atoms with van der Waals surface area (Å²) in [6, 6.07) is 0. The van der Waals surface area contributed by atoms with Crippen molar-refractivity contribution in [3.05, 3.63) is 0 Å². The highest BCUT2D eigenvalue weighted by Gasteiger charge is 2.41. The second-order valence-electron chi connectivity index (χ2n) is 3.78. The normalized spacial score (nSPS) is 32.8. The third kappa shape index (κ3) is 1.99. The molecule has 1 rings (SSSR count). The topological polar surface area (TPSA) is 66.4 Å². The fourth-order valence-corrected chi connectivity index (χ4v) is 2.16. The van der Waals surface area contributed by atoms with Gasteiger partial charge in [-0.1, -0.05) is 13.3 Å². The first-order valence-electron chi connectivity index (χ1n) is 4.54. The van der Waals surface area contributed by atoms with Crippen molar-refractivity contribution in [3.8, 4) is 0 Å². The van der Waals surface area contributed by atoms with Crippen LogP contribution in [0.1, 0.15) is 32.6 Å². The predicted molar refractivity (Wildman–Crippen MR) is 47.2 cm³/mol. The Morgan fingerprint density at radius 2 is 2.46 bits per heavy atom. The average molecular weight is 185 g/mol. The average Bonchev–Trinajstić information content (AvgIpc) is 2.32. The van der Waals surface area contributed by atoms with Gasteiger partial charge in [0, 0.05) is 0 Å². The molecule has 0 aliphatic heterocycles. The van der Waals surface area contributed by atoms with E-state index in [1.54, 1.807) is 0 Å². The Bertz CT molecular complexity index is 217. The number of carboxylic acid groups (broad SMARTS) is 1. The fraction of sp³-hybridized carbons (Fsp3) is 0.778. The lowest BCUT2D eigenvalue weighted by Crippen LogP contribution is -2.48. The lowest BCUT2D eigenvalue weighted by Gasteiger charge is -2.31. The van der Waals surface area contributed by atoms with Gasteiger partial charge in [0.15, 0.2) is 0 Å². The van der Waals surface area contributed by atoms with Crippen LogP contribution in [0.2, 0.25) is 0 Å². The number of nitrogens with one attached hydrogen (secondary N) is 1. The van der Waals surface area contributed by atoms with Gasteiger partial charge in [0.2, 0.25) is 6.41 Å². The molecule has 1 saturated carbocycles. The molecule has 0 bridgehead atoms. The Morgan fingerprint density at radius 1 is 1.77 bits per heavy atom. The molecule has 0 aromatic heterocycles. The Kier molecular flexibility index (Phi) is 2.90.